The molecule has 0 amide bonds. The minimum Gasteiger partial charge on any atom is -0.393 e. The van der Waals surface area contributed by atoms with Crippen molar-refractivity contribution in [2.24, 2.45) is 0 Å². The SMILES string of the molecule is Cc1cc(C)c(S(=O)(=O)N(C)CCC(C)O)c(C)c1. The maximum absolute atomic E-state index is 12.5. The Kier molecular flexibility index (Phi) is 5.12. The summed E-state index contributed by atoms with van der Waals surface area (Å²) in [6, 6.07) is 3.75. The van der Waals surface area contributed by atoms with E-state index in [9.17, 15) is 13.5 Å². The Morgan fingerprint density at radius 3 is 2.11 bits per heavy atom. The van der Waals surface area contributed by atoms with E-state index in [2.05, 4.69) is 0 Å². The fourth-order valence-corrected chi connectivity index (χ4v) is 3.81. The summed E-state index contributed by atoms with van der Waals surface area (Å²) in [5.74, 6) is 0. The van der Waals surface area contributed by atoms with Crippen LogP contribution in [0, 0.1) is 20.8 Å². The van der Waals surface area contributed by atoms with Crippen LogP contribution in [0.5, 0.6) is 0 Å². The number of nitrogens with zero attached hydrogens (tertiary/aromatic N) is 1. The van der Waals surface area contributed by atoms with E-state index < -0.39 is 16.1 Å². The van der Waals surface area contributed by atoms with E-state index in [0.29, 0.717) is 17.9 Å². The number of hydrogen-bond donors (Lipinski definition) is 1. The zero-order chi connectivity index (χ0) is 14.8. The van der Waals surface area contributed by atoms with Crippen molar-refractivity contribution in [2.75, 3.05) is 13.6 Å². The van der Waals surface area contributed by atoms with Crippen LogP contribution in [0.3, 0.4) is 0 Å². The van der Waals surface area contributed by atoms with E-state index >= 15 is 0 Å². The van der Waals surface area contributed by atoms with Gasteiger partial charge in [0.25, 0.3) is 0 Å². The molecular formula is C14H23NO3S. The van der Waals surface area contributed by atoms with Crippen LogP contribution in [-0.4, -0.2) is 37.5 Å². The maximum atomic E-state index is 12.5. The Labute approximate surface area is 116 Å². The third-order valence-corrected chi connectivity index (χ3v) is 5.30. The van der Waals surface area contributed by atoms with Crippen molar-refractivity contribution < 1.29 is 13.5 Å². The average Bonchev–Trinajstić information content (AvgIpc) is 2.23. The highest BCUT2D eigenvalue weighted by Crippen LogP contribution is 2.24. The number of rotatable bonds is 5. The summed E-state index contributed by atoms with van der Waals surface area (Å²) >= 11 is 0. The molecule has 5 heteroatoms. The highest BCUT2D eigenvalue weighted by atomic mass is 32.2. The molecule has 0 fully saturated rings. The van der Waals surface area contributed by atoms with Gasteiger partial charge in [0.1, 0.15) is 0 Å². The molecule has 0 heterocycles. The summed E-state index contributed by atoms with van der Waals surface area (Å²) in [4.78, 5) is 0.381. The average molecular weight is 285 g/mol. The van der Waals surface area contributed by atoms with Crippen LogP contribution < -0.4 is 0 Å². The number of aliphatic hydroxyl groups is 1. The van der Waals surface area contributed by atoms with Gasteiger partial charge in [0, 0.05) is 13.6 Å². The molecule has 1 N–H and O–H groups in total. The fraction of sp³-hybridized carbons (Fsp3) is 0.571. The largest absolute Gasteiger partial charge is 0.393 e. The molecule has 0 aliphatic carbocycles. The number of sulfonamides is 1. The van der Waals surface area contributed by atoms with E-state index in [0.717, 1.165) is 16.7 Å². The Hall–Kier alpha value is -0.910. The molecule has 1 atom stereocenters. The van der Waals surface area contributed by atoms with Crippen molar-refractivity contribution in [1.29, 1.82) is 0 Å². The number of aryl methyl sites for hydroxylation is 3. The predicted molar refractivity (Wildman–Crippen MR) is 76.8 cm³/mol. The zero-order valence-corrected chi connectivity index (χ0v) is 13.1. The third kappa shape index (κ3) is 3.78. The molecule has 0 bridgehead atoms. The summed E-state index contributed by atoms with van der Waals surface area (Å²) in [6.07, 6.45) is -0.0717. The number of aliphatic hydroxyl groups excluding tert-OH is 1. The first-order chi connectivity index (χ1) is 8.66. The maximum Gasteiger partial charge on any atom is 0.243 e. The van der Waals surface area contributed by atoms with Gasteiger partial charge in [-0.25, -0.2) is 12.7 Å². The monoisotopic (exact) mass is 285 g/mol. The van der Waals surface area contributed by atoms with Crippen LogP contribution in [0.25, 0.3) is 0 Å². The lowest BCUT2D eigenvalue weighted by molar-refractivity contribution is 0.177. The topological polar surface area (TPSA) is 57.6 Å². The summed E-state index contributed by atoms with van der Waals surface area (Å²) in [6.45, 7) is 7.55. The smallest absolute Gasteiger partial charge is 0.243 e. The van der Waals surface area contributed by atoms with Crippen LogP contribution in [0.4, 0.5) is 0 Å². The Balaban J connectivity index is 3.14. The van der Waals surface area contributed by atoms with Gasteiger partial charge in [-0.05, 0) is 45.2 Å². The second-order valence-corrected chi connectivity index (χ2v) is 7.17. The lowest BCUT2D eigenvalue weighted by atomic mass is 10.1. The molecule has 1 aromatic carbocycles. The van der Waals surface area contributed by atoms with E-state index in [1.807, 2.05) is 32.9 Å². The van der Waals surface area contributed by atoms with E-state index in [-0.39, 0.29) is 0 Å². The zero-order valence-electron chi connectivity index (χ0n) is 12.3. The normalized spacial score (nSPS) is 13.8. The Bertz CT molecular complexity index is 527. The molecule has 0 aromatic heterocycles. The molecule has 19 heavy (non-hydrogen) atoms. The first-order valence-electron chi connectivity index (χ1n) is 6.38. The van der Waals surface area contributed by atoms with Gasteiger partial charge in [-0.1, -0.05) is 17.7 Å². The summed E-state index contributed by atoms with van der Waals surface area (Å²) < 4.78 is 26.4. The minimum absolute atomic E-state index is 0.312. The van der Waals surface area contributed by atoms with Gasteiger partial charge in [-0.15, -0.1) is 0 Å². The molecule has 0 aliphatic rings. The van der Waals surface area contributed by atoms with Gasteiger partial charge in [0.15, 0.2) is 0 Å². The standard InChI is InChI=1S/C14H23NO3S/c1-10-8-11(2)14(12(3)9-10)19(17,18)15(5)7-6-13(4)16/h8-9,13,16H,6-7H2,1-5H3. The van der Waals surface area contributed by atoms with Crippen molar-refractivity contribution in [3.8, 4) is 0 Å². The molecule has 0 saturated heterocycles. The van der Waals surface area contributed by atoms with Gasteiger partial charge in [0.05, 0.1) is 11.0 Å². The van der Waals surface area contributed by atoms with E-state index in [1.54, 1.807) is 14.0 Å². The van der Waals surface area contributed by atoms with Crippen LogP contribution >= 0.6 is 0 Å². The van der Waals surface area contributed by atoms with Crippen molar-refractivity contribution in [3.63, 3.8) is 0 Å². The molecular weight excluding hydrogens is 262 g/mol. The second-order valence-electron chi connectivity index (χ2n) is 5.19. The van der Waals surface area contributed by atoms with Crippen LogP contribution in [0.2, 0.25) is 0 Å². The van der Waals surface area contributed by atoms with E-state index in [1.165, 1.54) is 4.31 Å². The number of hydrogen-bond acceptors (Lipinski definition) is 3. The van der Waals surface area contributed by atoms with E-state index in [4.69, 9.17) is 0 Å². The molecule has 1 unspecified atom stereocenters. The van der Waals surface area contributed by atoms with Gasteiger partial charge >= 0.3 is 0 Å². The molecule has 1 rings (SSSR count). The van der Waals surface area contributed by atoms with Crippen molar-refractivity contribution in [1.82, 2.24) is 4.31 Å². The second kappa shape index (κ2) is 6.03. The van der Waals surface area contributed by atoms with Gasteiger partial charge < -0.3 is 5.11 Å². The summed E-state index contributed by atoms with van der Waals surface area (Å²) in [5, 5.41) is 9.26. The lowest BCUT2D eigenvalue weighted by Gasteiger charge is -2.21. The van der Waals surface area contributed by atoms with Crippen LogP contribution in [-0.2, 0) is 10.0 Å². The third-order valence-electron chi connectivity index (χ3n) is 3.13. The van der Waals surface area contributed by atoms with Crippen molar-refractivity contribution in [3.05, 3.63) is 28.8 Å². The highest BCUT2D eigenvalue weighted by Gasteiger charge is 2.24. The van der Waals surface area contributed by atoms with Crippen LogP contribution in [0.1, 0.15) is 30.0 Å². The molecule has 108 valence electrons. The lowest BCUT2D eigenvalue weighted by Crippen LogP contribution is -2.30. The molecule has 0 aliphatic heterocycles. The molecule has 1 aromatic rings. The fourth-order valence-electron chi connectivity index (χ4n) is 2.22. The number of benzene rings is 1. The van der Waals surface area contributed by atoms with Crippen molar-refractivity contribution in [2.45, 2.75) is 45.1 Å². The first kappa shape index (κ1) is 16.1. The van der Waals surface area contributed by atoms with Crippen LogP contribution in [0.15, 0.2) is 17.0 Å². The van der Waals surface area contributed by atoms with Gasteiger partial charge in [0.2, 0.25) is 10.0 Å². The minimum atomic E-state index is -3.49. The molecule has 0 saturated carbocycles. The Morgan fingerprint density at radius 2 is 1.68 bits per heavy atom. The summed E-state index contributed by atoms with van der Waals surface area (Å²) in [7, 11) is -1.94. The Morgan fingerprint density at radius 1 is 1.21 bits per heavy atom. The molecule has 0 radical (unpaired) electrons. The summed E-state index contributed by atoms with van der Waals surface area (Å²) in [5.41, 5.74) is 2.59. The molecule has 4 nitrogen and oxygen atoms in total. The van der Waals surface area contributed by atoms with Crippen molar-refractivity contribution >= 4 is 10.0 Å². The predicted octanol–water partition coefficient (Wildman–Crippen LogP) is 2.00. The van der Waals surface area contributed by atoms with Gasteiger partial charge in [-0.2, -0.15) is 0 Å². The van der Waals surface area contributed by atoms with Gasteiger partial charge in [-0.3, -0.25) is 0 Å². The molecule has 0 spiro atoms. The quantitative estimate of drug-likeness (QED) is 0.900. The highest BCUT2D eigenvalue weighted by molar-refractivity contribution is 7.89. The first-order valence-corrected chi connectivity index (χ1v) is 7.82.